The topological polar surface area (TPSA) is 94.6 Å². The number of esters is 2. The van der Waals surface area contributed by atoms with Crippen LogP contribution in [-0.2, 0) is 33.5 Å². The van der Waals surface area contributed by atoms with E-state index in [-0.39, 0.29) is 0 Å². The van der Waals surface area contributed by atoms with E-state index in [4.69, 9.17) is 19.1 Å². The maximum Gasteiger partial charge on any atom is 0.338 e. The Hall–Kier alpha value is -1.81. The summed E-state index contributed by atoms with van der Waals surface area (Å²) < 4.78 is 9.79. The molecule has 9 nitrogen and oxygen atoms in total. The SMILES string of the molecule is COC(=O)[C@@]12C(=O)[C@@]3(C(=O)OC)[C@H]4C[C@@H]1[C@@H]1C=C[C@H]4ON3N2O1. The van der Waals surface area contributed by atoms with Crippen molar-refractivity contribution >= 4 is 17.7 Å². The van der Waals surface area contributed by atoms with E-state index in [9.17, 15) is 14.4 Å². The van der Waals surface area contributed by atoms with E-state index in [2.05, 4.69) is 0 Å². The summed E-state index contributed by atoms with van der Waals surface area (Å²) in [5.41, 5.74) is -3.41. The van der Waals surface area contributed by atoms with Gasteiger partial charge in [0, 0.05) is 11.8 Å². The van der Waals surface area contributed by atoms with Crippen molar-refractivity contribution in [2.45, 2.75) is 29.7 Å². The number of carbonyl (C=O) groups excluding carboxylic acids is 3. The summed E-state index contributed by atoms with van der Waals surface area (Å²) in [7, 11) is 2.42. The third-order valence-electron chi connectivity index (χ3n) is 5.76. The molecule has 0 radical (unpaired) electrons. The number of nitrogens with zero attached hydrogens (tertiary/aromatic N) is 2. The number of ketones is 1. The summed E-state index contributed by atoms with van der Waals surface area (Å²) in [6, 6.07) is 0. The number of hydrazine groups is 1. The van der Waals surface area contributed by atoms with E-state index in [0.29, 0.717) is 6.42 Å². The van der Waals surface area contributed by atoms with Gasteiger partial charge in [-0.1, -0.05) is 22.5 Å². The van der Waals surface area contributed by atoms with Crippen molar-refractivity contribution in [3.63, 3.8) is 0 Å². The van der Waals surface area contributed by atoms with E-state index in [1.165, 1.54) is 14.2 Å². The Balaban J connectivity index is 1.83. The van der Waals surface area contributed by atoms with Gasteiger partial charge >= 0.3 is 11.9 Å². The molecule has 0 N–H and O–H groups in total. The van der Waals surface area contributed by atoms with Gasteiger partial charge in [-0.25, -0.2) is 9.59 Å². The van der Waals surface area contributed by atoms with Crippen LogP contribution in [-0.4, -0.2) is 65.6 Å². The van der Waals surface area contributed by atoms with Crippen molar-refractivity contribution in [1.29, 1.82) is 0 Å². The number of Topliss-reactive ketones (excluding diaryl/α,β-unsaturated/α-hetero) is 1. The van der Waals surface area contributed by atoms with Crippen molar-refractivity contribution < 1.29 is 33.5 Å². The molecule has 2 aliphatic carbocycles. The summed E-state index contributed by atoms with van der Waals surface area (Å²) in [4.78, 5) is 50.1. The van der Waals surface area contributed by atoms with Crippen molar-refractivity contribution in [2.24, 2.45) is 11.8 Å². The Kier molecular flexibility index (Phi) is 2.25. The highest BCUT2D eigenvalue weighted by Gasteiger charge is 2.89. The number of ether oxygens (including phenoxy) is 2. The van der Waals surface area contributed by atoms with Gasteiger partial charge < -0.3 is 9.47 Å². The molecule has 4 fully saturated rings. The Morgan fingerprint density at radius 2 is 1.48 bits per heavy atom. The lowest BCUT2D eigenvalue weighted by Gasteiger charge is -2.39. The van der Waals surface area contributed by atoms with Crippen molar-refractivity contribution in [1.82, 2.24) is 10.3 Å². The molecule has 1 saturated carbocycles. The number of hydroxylamine groups is 2. The molecule has 0 aromatic carbocycles. The highest BCUT2D eigenvalue weighted by molar-refractivity contribution is 6.24. The molecule has 0 aromatic heterocycles. The average molecular weight is 322 g/mol. The zero-order valence-electron chi connectivity index (χ0n) is 12.4. The molecule has 3 saturated heterocycles. The third kappa shape index (κ3) is 1.07. The highest BCUT2D eigenvalue weighted by Crippen LogP contribution is 2.64. The molecule has 5 rings (SSSR count). The molecular formula is C14H14N2O7. The van der Waals surface area contributed by atoms with E-state index >= 15 is 0 Å². The van der Waals surface area contributed by atoms with Crippen molar-refractivity contribution in [3.8, 4) is 0 Å². The fraction of sp³-hybridized carbons (Fsp3) is 0.643. The Bertz CT molecular complexity index is 639. The fourth-order valence-corrected chi connectivity index (χ4v) is 4.87. The maximum absolute atomic E-state index is 13.4. The zero-order chi connectivity index (χ0) is 16.1. The quantitative estimate of drug-likeness (QED) is 0.351. The van der Waals surface area contributed by atoms with Crippen LogP contribution in [0.5, 0.6) is 0 Å². The Morgan fingerprint density at radius 1 is 1.04 bits per heavy atom. The minimum absolute atomic E-state index is 0.422. The normalized spacial score (nSPS) is 49.0. The molecule has 4 bridgehead atoms. The number of hydrogen-bond acceptors (Lipinski definition) is 9. The van der Waals surface area contributed by atoms with Crippen LogP contribution in [0.1, 0.15) is 6.42 Å². The molecular weight excluding hydrogens is 308 g/mol. The summed E-state index contributed by atoms with van der Waals surface area (Å²) in [6.07, 6.45) is 3.12. The van der Waals surface area contributed by atoms with E-state index in [1.54, 1.807) is 12.2 Å². The molecule has 0 unspecified atom stereocenters. The lowest BCUT2D eigenvalue weighted by atomic mass is 9.60. The van der Waals surface area contributed by atoms with Gasteiger partial charge in [0.2, 0.25) is 16.9 Å². The van der Waals surface area contributed by atoms with Gasteiger partial charge in [-0.05, 0) is 6.42 Å². The van der Waals surface area contributed by atoms with Gasteiger partial charge in [-0.3, -0.25) is 14.5 Å². The third-order valence-corrected chi connectivity index (χ3v) is 5.76. The predicted molar refractivity (Wildman–Crippen MR) is 68.7 cm³/mol. The summed E-state index contributed by atoms with van der Waals surface area (Å²) in [6.45, 7) is 0. The summed E-state index contributed by atoms with van der Waals surface area (Å²) in [5.74, 6) is -2.94. The van der Waals surface area contributed by atoms with Gasteiger partial charge in [-0.15, -0.1) is 0 Å². The molecule has 0 spiro atoms. The maximum atomic E-state index is 13.4. The summed E-state index contributed by atoms with van der Waals surface area (Å²) >= 11 is 0. The average Bonchev–Trinajstić information content (AvgIpc) is 3.07. The number of hydrogen-bond donors (Lipinski definition) is 0. The second-order valence-electron chi connectivity index (χ2n) is 6.36. The molecule has 3 aliphatic heterocycles. The molecule has 9 heteroatoms. The second kappa shape index (κ2) is 3.81. The van der Waals surface area contributed by atoms with E-state index < -0.39 is 52.8 Å². The van der Waals surface area contributed by atoms with Gasteiger partial charge in [-0.2, -0.15) is 0 Å². The van der Waals surface area contributed by atoms with Gasteiger partial charge in [0.15, 0.2) is 0 Å². The van der Waals surface area contributed by atoms with Crippen LogP contribution >= 0.6 is 0 Å². The molecule has 0 aromatic rings. The first-order chi connectivity index (χ1) is 11.0. The number of rotatable bonds is 2. The molecule has 23 heavy (non-hydrogen) atoms. The van der Waals surface area contributed by atoms with Crippen LogP contribution in [0.2, 0.25) is 0 Å². The number of carbonyl (C=O) groups is 3. The van der Waals surface area contributed by atoms with Crippen LogP contribution < -0.4 is 0 Å². The van der Waals surface area contributed by atoms with Gasteiger partial charge in [0.05, 0.1) is 14.2 Å². The van der Waals surface area contributed by atoms with Crippen LogP contribution in [0, 0.1) is 11.8 Å². The van der Waals surface area contributed by atoms with Gasteiger partial charge in [0.25, 0.3) is 0 Å². The smallest absolute Gasteiger partial charge is 0.338 e. The standard InChI is InChI=1S/C14H14N2O7/c1-20-11(18)13-6-5-7-9-4-3-8(6)22-15(13)16(23-9)14(7,10(13)17)12(19)21-2/h3-4,6-9H,5H2,1-2H3/t6-,7+,8+,9-,13+,14-. The monoisotopic (exact) mass is 322 g/mol. The lowest BCUT2D eigenvalue weighted by molar-refractivity contribution is -0.399. The lowest BCUT2D eigenvalue weighted by Crippen LogP contribution is -2.66. The fourth-order valence-electron chi connectivity index (χ4n) is 4.87. The number of methoxy groups -OCH3 is 2. The van der Waals surface area contributed by atoms with Crippen molar-refractivity contribution in [2.75, 3.05) is 14.2 Å². The predicted octanol–water partition coefficient (Wildman–Crippen LogP) is -1.25. The minimum atomic E-state index is -1.70. The van der Waals surface area contributed by atoms with Crippen LogP contribution in [0.25, 0.3) is 0 Å². The first-order valence-corrected chi connectivity index (χ1v) is 7.38. The van der Waals surface area contributed by atoms with E-state index in [1.807, 2.05) is 0 Å². The first kappa shape index (κ1) is 13.6. The largest absolute Gasteiger partial charge is 0.467 e. The Morgan fingerprint density at radius 3 is 1.87 bits per heavy atom. The van der Waals surface area contributed by atoms with Crippen LogP contribution in [0.3, 0.4) is 0 Å². The van der Waals surface area contributed by atoms with E-state index in [0.717, 1.165) is 10.3 Å². The molecule has 122 valence electrons. The molecule has 0 amide bonds. The van der Waals surface area contributed by atoms with Gasteiger partial charge in [0.1, 0.15) is 12.2 Å². The van der Waals surface area contributed by atoms with Crippen LogP contribution in [0.4, 0.5) is 0 Å². The summed E-state index contributed by atoms with van der Waals surface area (Å²) in [5, 5.41) is 2.22. The van der Waals surface area contributed by atoms with Crippen molar-refractivity contribution in [3.05, 3.63) is 12.2 Å². The second-order valence-corrected chi connectivity index (χ2v) is 6.36. The number of fused-ring (bicyclic) bond motifs is 1. The first-order valence-electron chi connectivity index (χ1n) is 7.38. The molecule has 5 aliphatic rings. The zero-order valence-corrected chi connectivity index (χ0v) is 12.4. The molecule has 6 atom stereocenters. The Labute approximate surface area is 130 Å². The minimum Gasteiger partial charge on any atom is -0.467 e. The molecule has 3 heterocycles. The highest BCUT2D eigenvalue weighted by atomic mass is 16.9. The van der Waals surface area contributed by atoms with Crippen LogP contribution in [0.15, 0.2) is 12.2 Å².